The number of nitrogens with one attached hydrogen (secondary N) is 2. The van der Waals surface area contributed by atoms with E-state index in [0.717, 1.165) is 12.2 Å². The van der Waals surface area contributed by atoms with Crippen molar-refractivity contribution in [1.82, 2.24) is 10.6 Å². The lowest BCUT2D eigenvalue weighted by molar-refractivity contribution is 0.205. The highest BCUT2D eigenvalue weighted by atomic mass is 16.5. The van der Waals surface area contributed by atoms with Gasteiger partial charge in [0.05, 0.1) is 19.2 Å². The molecule has 1 aromatic carbocycles. The number of para-hydroxylation sites is 1. The summed E-state index contributed by atoms with van der Waals surface area (Å²) in [5.41, 5.74) is 0. The Bertz CT molecular complexity index is 382. The van der Waals surface area contributed by atoms with Gasteiger partial charge in [0.2, 0.25) is 0 Å². The first kappa shape index (κ1) is 16.3. The summed E-state index contributed by atoms with van der Waals surface area (Å²) in [6, 6.07) is 8.96. The molecule has 0 aliphatic carbocycles. The van der Waals surface area contributed by atoms with Crippen LogP contribution in [0.5, 0.6) is 5.75 Å². The van der Waals surface area contributed by atoms with Crippen LogP contribution in [0.25, 0.3) is 0 Å². The highest BCUT2D eigenvalue weighted by molar-refractivity contribution is 5.74. The van der Waals surface area contributed by atoms with Gasteiger partial charge in [0, 0.05) is 0 Å². The number of aliphatic hydroxyl groups is 1. The summed E-state index contributed by atoms with van der Waals surface area (Å²) in [7, 11) is 0. The number of aliphatic hydroxyl groups excluding tert-OH is 1. The fourth-order valence-corrected chi connectivity index (χ4v) is 1.83. The minimum Gasteiger partial charge on any atom is -0.492 e. The molecule has 1 aromatic rings. The fourth-order valence-electron chi connectivity index (χ4n) is 1.83. The lowest BCUT2D eigenvalue weighted by atomic mass is 10.0. The molecule has 112 valence electrons. The van der Waals surface area contributed by atoms with E-state index in [2.05, 4.69) is 24.5 Å². The quantitative estimate of drug-likeness (QED) is 0.636. The molecule has 0 fully saturated rings. The molecule has 1 unspecified atom stereocenters. The lowest BCUT2D eigenvalue weighted by Crippen LogP contribution is -2.45. The minimum absolute atomic E-state index is 0.0495. The lowest BCUT2D eigenvalue weighted by Gasteiger charge is -2.18. The van der Waals surface area contributed by atoms with Crippen molar-refractivity contribution in [3.8, 4) is 5.75 Å². The Hall–Kier alpha value is -1.75. The Balaban J connectivity index is 2.16. The fraction of sp³-hybridized carbons (Fsp3) is 0.533. The SMILES string of the molecule is CC(C)CC(CO)NC(=O)NCCOc1ccccc1. The van der Waals surface area contributed by atoms with Crippen molar-refractivity contribution < 1.29 is 14.6 Å². The Labute approximate surface area is 120 Å². The maximum absolute atomic E-state index is 11.6. The van der Waals surface area contributed by atoms with E-state index >= 15 is 0 Å². The number of carbonyl (C=O) groups is 1. The summed E-state index contributed by atoms with van der Waals surface area (Å²) in [6.07, 6.45) is 0.754. The first-order valence-corrected chi connectivity index (χ1v) is 6.95. The third-order valence-electron chi connectivity index (χ3n) is 2.71. The van der Waals surface area contributed by atoms with Crippen LogP contribution in [0.3, 0.4) is 0 Å². The van der Waals surface area contributed by atoms with E-state index in [1.165, 1.54) is 0 Å². The van der Waals surface area contributed by atoms with Crippen LogP contribution in [0.4, 0.5) is 4.79 Å². The number of carbonyl (C=O) groups excluding carboxylic acids is 1. The third-order valence-corrected chi connectivity index (χ3v) is 2.71. The van der Waals surface area contributed by atoms with Crippen LogP contribution in [0.2, 0.25) is 0 Å². The van der Waals surface area contributed by atoms with E-state index in [1.54, 1.807) is 0 Å². The molecule has 5 nitrogen and oxygen atoms in total. The summed E-state index contributed by atoms with van der Waals surface area (Å²) < 4.78 is 5.46. The van der Waals surface area contributed by atoms with Crippen molar-refractivity contribution in [3.05, 3.63) is 30.3 Å². The average molecular weight is 280 g/mol. The average Bonchev–Trinajstić information content (AvgIpc) is 2.43. The van der Waals surface area contributed by atoms with Gasteiger partial charge in [-0.15, -0.1) is 0 Å². The molecule has 1 rings (SSSR count). The van der Waals surface area contributed by atoms with Gasteiger partial charge in [0.25, 0.3) is 0 Å². The van der Waals surface area contributed by atoms with Gasteiger partial charge in [-0.2, -0.15) is 0 Å². The van der Waals surface area contributed by atoms with Gasteiger partial charge in [0.1, 0.15) is 12.4 Å². The molecule has 5 heteroatoms. The van der Waals surface area contributed by atoms with Gasteiger partial charge < -0.3 is 20.5 Å². The highest BCUT2D eigenvalue weighted by Crippen LogP contribution is 2.07. The van der Waals surface area contributed by atoms with Gasteiger partial charge in [-0.05, 0) is 24.5 Å². The predicted octanol–water partition coefficient (Wildman–Crippen LogP) is 1.77. The Morgan fingerprint density at radius 3 is 2.60 bits per heavy atom. The molecule has 0 saturated heterocycles. The van der Waals surface area contributed by atoms with E-state index in [9.17, 15) is 9.90 Å². The van der Waals surface area contributed by atoms with E-state index in [0.29, 0.717) is 19.1 Å². The van der Waals surface area contributed by atoms with Crippen molar-refractivity contribution in [3.63, 3.8) is 0 Å². The molecule has 0 spiro atoms. The van der Waals surface area contributed by atoms with E-state index in [-0.39, 0.29) is 18.7 Å². The van der Waals surface area contributed by atoms with Crippen LogP contribution >= 0.6 is 0 Å². The van der Waals surface area contributed by atoms with Crippen molar-refractivity contribution in [1.29, 1.82) is 0 Å². The van der Waals surface area contributed by atoms with Crippen molar-refractivity contribution in [2.24, 2.45) is 5.92 Å². The molecule has 1 atom stereocenters. The normalized spacial score (nSPS) is 12.0. The first-order chi connectivity index (χ1) is 9.61. The van der Waals surface area contributed by atoms with E-state index in [4.69, 9.17) is 4.74 Å². The molecular weight excluding hydrogens is 256 g/mol. The number of amides is 2. The van der Waals surface area contributed by atoms with Gasteiger partial charge in [-0.3, -0.25) is 0 Å². The Kier molecular flexibility index (Phi) is 7.50. The zero-order valence-corrected chi connectivity index (χ0v) is 12.1. The highest BCUT2D eigenvalue weighted by Gasteiger charge is 2.12. The molecule has 3 N–H and O–H groups in total. The predicted molar refractivity (Wildman–Crippen MR) is 78.8 cm³/mol. The third kappa shape index (κ3) is 6.99. The summed E-state index contributed by atoms with van der Waals surface area (Å²) in [4.78, 5) is 11.6. The summed E-state index contributed by atoms with van der Waals surface area (Å²) in [5, 5.41) is 14.6. The first-order valence-electron chi connectivity index (χ1n) is 6.95. The molecule has 0 heterocycles. The molecule has 0 aromatic heterocycles. The number of rotatable bonds is 8. The number of benzene rings is 1. The zero-order valence-electron chi connectivity index (χ0n) is 12.1. The second kappa shape index (κ2) is 9.20. The van der Waals surface area contributed by atoms with Gasteiger partial charge in [-0.1, -0.05) is 32.0 Å². The number of ether oxygens (including phenoxy) is 1. The van der Waals surface area contributed by atoms with Crippen molar-refractivity contribution in [2.45, 2.75) is 26.3 Å². The topological polar surface area (TPSA) is 70.6 Å². The van der Waals surface area contributed by atoms with Crippen molar-refractivity contribution in [2.75, 3.05) is 19.8 Å². The van der Waals surface area contributed by atoms with Crippen LogP contribution in [0.1, 0.15) is 20.3 Å². The Morgan fingerprint density at radius 2 is 2.00 bits per heavy atom. The largest absolute Gasteiger partial charge is 0.492 e. The number of hydrogen-bond donors (Lipinski definition) is 3. The molecule has 0 aliphatic rings. The van der Waals surface area contributed by atoms with E-state index in [1.807, 2.05) is 30.3 Å². The molecule has 0 saturated carbocycles. The van der Waals surface area contributed by atoms with Crippen LogP contribution in [-0.2, 0) is 0 Å². The second-order valence-electron chi connectivity index (χ2n) is 5.07. The number of hydrogen-bond acceptors (Lipinski definition) is 3. The van der Waals surface area contributed by atoms with Gasteiger partial charge in [-0.25, -0.2) is 4.79 Å². The molecule has 2 amide bonds. The number of urea groups is 1. The maximum atomic E-state index is 11.6. The Morgan fingerprint density at radius 1 is 1.30 bits per heavy atom. The molecule has 20 heavy (non-hydrogen) atoms. The van der Waals surface area contributed by atoms with E-state index < -0.39 is 0 Å². The standard InChI is InChI=1S/C15H24N2O3/c1-12(2)10-13(11-18)17-15(19)16-8-9-20-14-6-4-3-5-7-14/h3-7,12-13,18H,8-11H2,1-2H3,(H2,16,17,19). The summed E-state index contributed by atoms with van der Waals surface area (Å²) in [6.45, 7) is 4.88. The maximum Gasteiger partial charge on any atom is 0.315 e. The molecule has 0 bridgehead atoms. The molecular formula is C15H24N2O3. The van der Waals surface area contributed by atoms with Gasteiger partial charge in [0.15, 0.2) is 0 Å². The van der Waals surface area contributed by atoms with Crippen LogP contribution in [-0.4, -0.2) is 36.9 Å². The van der Waals surface area contributed by atoms with Crippen LogP contribution < -0.4 is 15.4 Å². The van der Waals surface area contributed by atoms with Crippen LogP contribution in [0, 0.1) is 5.92 Å². The van der Waals surface area contributed by atoms with Crippen LogP contribution in [0.15, 0.2) is 30.3 Å². The smallest absolute Gasteiger partial charge is 0.315 e. The summed E-state index contributed by atoms with van der Waals surface area (Å²) in [5.74, 6) is 1.21. The summed E-state index contributed by atoms with van der Waals surface area (Å²) >= 11 is 0. The second-order valence-corrected chi connectivity index (χ2v) is 5.07. The molecule has 0 aliphatic heterocycles. The monoisotopic (exact) mass is 280 g/mol. The van der Waals surface area contributed by atoms with Crippen molar-refractivity contribution >= 4 is 6.03 Å². The minimum atomic E-state index is -0.277. The zero-order chi connectivity index (χ0) is 14.8. The van der Waals surface area contributed by atoms with Gasteiger partial charge >= 0.3 is 6.03 Å². The molecule has 0 radical (unpaired) electrons.